The number of aliphatic imine (C=N–C) groups is 1. The molecule has 0 aliphatic heterocycles. The molecule has 0 heterocycles. The molecule has 0 saturated carbocycles. The molecule has 0 aliphatic rings. The largest absolute Gasteiger partial charge is 0.872 e. The summed E-state index contributed by atoms with van der Waals surface area (Å²) >= 11 is 5.59. The van der Waals surface area contributed by atoms with Gasteiger partial charge in [0.25, 0.3) is 5.69 Å². The van der Waals surface area contributed by atoms with Gasteiger partial charge in [-0.2, -0.15) is 0 Å². The number of benzene rings is 2. The van der Waals surface area contributed by atoms with Crippen LogP contribution < -0.4 is 5.11 Å². The number of nitro benzene ring substituents is 1. The molecule has 0 fully saturated rings. The van der Waals surface area contributed by atoms with E-state index >= 15 is 0 Å². The molecule has 2 rings (SSSR count). The van der Waals surface area contributed by atoms with Gasteiger partial charge in [-0.05, 0) is 17.7 Å². The Labute approximate surface area is 118 Å². The van der Waals surface area contributed by atoms with Crippen molar-refractivity contribution in [3.8, 4) is 5.75 Å². The Bertz CT molecular complexity index is 704. The fraction of sp³-hybridized carbons (Fsp3) is 0. The van der Waals surface area contributed by atoms with Crippen LogP contribution in [0.3, 0.4) is 0 Å². The van der Waals surface area contributed by atoms with Crippen molar-refractivity contribution >= 4 is 29.2 Å². The van der Waals surface area contributed by atoms with Crippen LogP contribution >= 0.6 is 11.6 Å². The highest BCUT2D eigenvalue weighted by Gasteiger charge is 2.07. The minimum absolute atomic E-state index is 0.00132. The van der Waals surface area contributed by atoms with Crippen LogP contribution in [0.15, 0.2) is 41.4 Å². The number of hydrogen-bond donors (Lipinski definition) is 0. The van der Waals surface area contributed by atoms with E-state index in [-0.39, 0.29) is 22.0 Å². The molecule has 7 heteroatoms. The first kappa shape index (κ1) is 14.0. The van der Waals surface area contributed by atoms with Gasteiger partial charge in [0.15, 0.2) is 5.82 Å². The standard InChI is InChI=1S/C13H8ClFN2O3/c14-10-2-1-3-11(13(10)15)16-7-8-6-9(17(19)20)4-5-12(8)18/h1-7,18H/p-1. The monoisotopic (exact) mass is 293 g/mol. The number of non-ortho nitro benzene ring substituents is 1. The van der Waals surface area contributed by atoms with Gasteiger partial charge in [0.1, 0.15) is 5.69 Å². The van der Waals surface area contributed by atoms with Crippen LogP contribution in [0, 0.1) is 15.9 Å². The lowest BCUT2D eigenvalue weighted by Gasteiger charge is -2.08. The van der Waals surface area contributed by atoms with Gasteiger partial charge < -0.3 is 5.11 Å². The van der Waals surface area contributed by atoms with Crippen LogP contribution in [0.5, 0.6) is 5.75 Å². The van der Waals surface area contributed by atoms with Crippen LogP contribution in [-0.2, 0) is 0 Å². The smallest absolute Gasteiger partial charge is 0.270 e. The molecule has 0 amide bonds. The fourth-order valence-corrected chi connectivity index (χ4v) is 1.65. The van der Waals surface area contributed by atoms with Crippen molar-refractivity contribution in [1.82, 2.24) is 0 Å². The molecule has 0 spiro atoms. The molecule has 5 nitrogen and oxygen atoms in total. The van der Waals surface area contributed by atoms with E-state index in [1.165, 1.54) is 18.2 Å². The summed E-state index contributed by atoms with van der Waals surface area (Å²) in [7, 11) is 0. The lowest BCUT2D eigenvalue weighted by molar-refractivity contribution is -0.385. The molecular formula is C13H7ClFN2O3-. The predicted octanol–water partition coefficient (Wildman–Crippen LogP) is 3.21. The van der Waals surface area contributed by atoms with E-state index in [0.717, 1.165) is 24.4 Å². The first-order valence-electron chi connectivity index (χ1n) is 5.42. The maximum atomic E-state index is 13.6. The average Bonchev–Trinajstić information content (AvgIpc) is 2.41. The molecule has 102 valence electrons. The zero-order valence-electron chi connectivity index (χ0n) is 9.92. The van der Waals surface area contributed by atoms with Crippen LogP contribution in [0.25, 0.3) is 0 Å². The van der Waals surface area contributed by atoms with E-state index in [9.17, 15) is 19.6 Å². The van der Waals surface area contributed by atoms with Gasteiger partial charge >= 0.3 is 0 Å². The third-order valence-corrected chi connectivity index (χ3v) is 2.77. The normalized spacial score (nSPS) is 10.9. The van der Waals surface area contributed by atoms with Gasteiger partial charge in [-0.1, -0.05) is 29.5 Å². The lowest BCUT2D eigenvalue weighted by Crippen LogP contribution is -1.98. The summed E-state index contributed by atoms with van der Waals surface area (Å²) < 4.78 is 13.6. The van der Waals surface area contributed by atoms with Crippen molar-refractivity contribution < 1.29 is 14.4 Å². The fourth-order valence-electron chi connectivity index (χ4n) is 1.48. The molecule has 0 saturated heterocycles. The molecule has 0 bridgehead atoms. The Balaban J connectivity index is 2.38. The molecule has 0 aromatic heterocycles. The Morgan fingerprint density at radius 3 is 2.75 bits per heavy atom. The molecular weight excluding hydrogens is 287 g/mol. The first-order valence-corrected chi connectivity index (χ1v) is 5.80. The van der Waals surface area contributed by atoms with E-state index in [2.05, 4.69) is 4.99 Å². The third-order valence-electron chi connectivity index (χ3n) is 2.48. The van der Waals surface area contributed by atoms with Gasteiger partial charge in [0.2, 0.25) is 0 Å². The van der Waals surface area contributed by atoms with E-state index in [4.69, 9.17) is 11.6 Å². The van der Waals surface area contributed by atoms with Gasteiger partial charge in [-0.3, -0.25) is 15.1 Å². The average molecular weight is 294 g/mol. The summed E-state index contributed by atoms with van der Waals surface area (Å²) in [6.45, 7) is 0. The minimum atomic E-state index is -0.719. The maximum Gasteiger partial charge on any atom is 0.270 e. The van der Waals surface area contributed by atoms with Gasteiger partial charge in [0.05, 0.1) is 9.95 Å². The number of nitrogens with zero attached hydrogens (tertiary/aromatic N) is 2. The minimum Gasteiger partial charge on any atom is -0.872 e. The second-order valence-corrected chi connectivity index (χ2v) is 4.22. The lowest BCUT2D eigenvalue weighted by atomic mass is 10.2. The summed E-state index contributed by atoms with van der Waals surface area (Å²) in [5.41, 5.74) is -0.292. The highest BCUT2D eigenvalue weighted by molar-refractivity contribution is 6.31. The Hall–Kier alpha value is -2.47. The van der Waals surface area contributed by atoms with Gasteiger partial charge in [-0.25, -0.2) is 4.39 Å². The van der Waals surface area contributed by atoms with Crippen LogP contribution in [0.4, 0.5) is 15.8 Å². The van der Waals surface area contributed by atoms with Crippen molar-refractivity contribution in [1.29, 1.82) is 0 Å². The van der Waals surface area contributed by atoms with Crippen molar-refractivity contribution in [3.05, 3.63) is 62.9 Å². The predicted molar refractivity (Wildman–Crippen MR) is 71.2 cm³/mol. The van der Waals surface area contributed by atoms with Crippen molar-refractivity contribution in [3.63, 3.8) is 0 Å². The number of halogens is 2. The highest BCUT2D eigenvalue weighted by atomic mass is 35.5. The maximum absolute atomic E-state index is 13.6. The summed E-state index contributed by atoms with van der Waals surface area (Å²) in [5, 5.41) is 22.1. The summed E-state index contributed by atoms with van der Waals surface area (Å²) in [6, 6.07) is 7.48. The number of rotatable bonds is 3. The number of nitro groups is 1. The van der Waals surface area contributed by atoms with Crippen molar-refractivity contribution in [2.75, 3.05) is 0 Å². The molecule has 0 aliphatic carbocycles. The van der Waals surface area contributed by atoms with Crippen molar-refractivity contribution in [2.24, 2.45) is 4.99 Å². The summed E-state index contributed by atoms with van der Waals surface area (Å²) in [5.74, 6) is -1.16. The van der Waals surface area contributed by atoms with Crippen LogP contribution in [0.2, 0.25) is 5.02 Å². The molecule has 2 aromatic rings. The number of hydrogen-bond acceptors (Lipinski definition) is 4. The van der Waals surface area contributed by atoms with Crippen LogP contribution in [-0.4, -0.2) is 11.1 Å². The Morgan fingerprint density at radius 1 is 1.30 bits per heavy atom. The topological polar surface area (TPSA) is 78.6 Å². The molecule has 2 aromatic carbocycles. The Morgan fingerprint density at radius 2 is 2.05 bits per heavy atom. The second-order valence-electron chi connectivity index (χ2n) is 3.81. The van der Waals surface area contributed by atoms with E-state index < -0.39 is 16.5 Å². The molecule has 0 N–H and O–H groups in total. The molecule has 20 heavy (non-hydrogen) atoms. The SMILES string of the molecule is O=[N+]([O-])c1ccc([O-])c(C=Nc2cccc(Cl)c2F)c1. The highest BCUT2D eigenvalue weighted by Crippen LogP contribution is 2.25. The van der Waals surface area contributed by atoms with E-state index in [0.29, 0.717) is 0 Å². The molecule has 0 unspecified atom stereocenters. The van der Waals surface area contributed by atoms with Gasteiger partial charge in [0, 0.05) is 18.3 Å². The van der Waals surface area contributed by atoms with Crippen LogP contribution in [0.1, 0.15) is 5.56 Å². The van der Waals surface area contributed by atoms with E-state index in [1.807, 2.05) is 0 Å². The third kappa shape index (κ3) is 2.92. The van der Waals surface area contributed by atoms with Crippen molar-refractivity contribution in [2.45, 2.75) is 0 Å². The zero-order valence-corrected chi connectivity index (χ0v) is 10.7. The summed E-state index contributed by atoms with van der Waals surface area (Å²) in [4.78, 5) is 13.8. The first-order chi connectivity index (χ1) is 9.49. The second kappa shape index (κ2) is 5.66. The Kier molecular flexibility index (Phi) is 3.95. The van der Waals surface area contributed by atoms with Gasteiger partial charge in [-0.15, -0.1) is 0 Å². The molecule has 0 atom stereocenters. The van der Waals surface area contributed by atoms with E-state index in [1.54, 1.807) is 0 Å². The molecule has 0 radical (unpaired) electrons. The zero-order chi connectivity index (χ0) is 14.7. The quantitative estimate of drug-likeness (QED) is 0.495. The summed E-state index contributed by atoms with van der Waals surface area (Å²) in [6.07, 6.45) is 1.07.